The smallest absolute Gasteiger partial charge is 0.153 e. The van der Waals surface area contributed by atoms with E-state index in [2.05, 4.69) is 40.2 Å². The van der Waals surface area contributed by atoms with Crippen LogP contribution in [-0.2, 0) is 14.6 Å². The average Bonchev–Trinajstić information content (AvgIpc) is 3.60. The van der Waals surface area contributed by atoms with Gasteiger partial charge in [0, 0.05) is 55.0 Å². The molecule has 0 amide bonds. The van der Waals surface area contributed by atoms with E-state index in [-0.39, 0.29) is 29.1 Å². The zero-order valence-corrected chi connectivity index (χ0v) is 23.5. The van der Waals surface area contributed by atoms with Gasteiger partial charge in [-0.3, -0.25) is 9.78 Å². The summed E-state index contributed by atoms with van der Waals surface area (Å²) in [7, 11) is -2.94. The quantitative estimate of drug-likeness (QED) is 0.368. The van der Waals surface area contributed by atoms with Gasteiger partial charge in [0.15, 0.2) is 9.84 Å². The van der Waals surface area contributed by atoms with E-state index in [0.29, 0.717) is 19.5 Å². The summed E-state index contributed by atoms with van der Waals surface area (Å²) in [6.07, 6.45) is 9.45. The Morgan fingerprint density at radius 1 is 1.08 bits per heavy atom. The van der Waals surface area contributed by atoms with Crippen LogP contribution in [0.5, 0.6) is 0 Å². The summed E-state index contributed by atoms with van der Waals surface area (Å²) in [5.41, 5.74) is 3.58. The number of rotatable bonds is 7. The lowest BCUT2D eigenvalue weighted by atomic mass is 9.73. The van der Waals surface area contributed by atoms with Gasteiger partial charge in [-0.2, -0.15) is 5.26 Å². The second-order valence-corrected chi connectivity index (χ2v) is 14.5. The van der Waals surface area contributed by atoms with Gasteiger partial charge in [0.2, 0.25) is 0 Å². The fraction of sp³-hybridized carbons (Fsp3) is 0.467. The minimum Gasteiger partial charge on any atom is -0.369 e. The maximum Gasteiger partial charge on any atom is 0.153 e. The summed E-state index contributed by atoms with van der Waals surface area (Å²) in [5, 5.41) is 10.5. The van der Waals surface area contributed by atoms with Gasteiger partial charge in [-0.05, 0) is 55.5 Å². The van der Waals surface area contributed by atoms with E-state index in [4.69, 9.17) is 4.98 Å². The number of hydrogen-bond acceptors (Lipinski definition) is 8. The van der Waals surface area contributed by atoms with Gasteiger partial charge in [-0.1, -0.05) is 25.0 Å². The van der Waals surface area contributed by atoms with Gasteiger partial charge in [-0.25, -0.2) is 13.4 Å². The summed E-state index contributed by atoms with van der Waals surface area (Å²) in [4.78, 5) is 26.2. The summed E-state index contributed by atoms with van der Waals surface area (Å²) >= 11 is 1.64. The molecule has 1 aromatic carbocycles. The Labute approximate surface area is 233 Å². The first-order valence-corrected chi connectivity index (χ1v) is 16.4. The molecule has 2 atom stereocenters. The standard InChI is InChI=1S/C30H32N4O3S2/c31-20-30(11-12-30)18-26(35)24-5-1-2-6-25(24)27-28(38-29(33-27)22-4-3-13-32-19-22)21-7-9-23(10-8-21)34-14-16-39(36,37)17-15-34/h3-4,7-10,13,19,24-25H,1-2,5-6,11-12,14-18H2/t24-,25-/m1/s1. The molecule has 2 saturated carbocycles. The number of ketones is 1. The third kappa shape index (κ3) is 5.50. The van der Waals surface area contributed by atoms with Crippen LogP contribution in [0.2, 0.25) is 0 Å². The monoisotopic (exact) mass is 560 g/mol. The maximum absolute atomic E-state index is 13.6. The van der Waals surface area contributed by atoms with Crippen molar-refractivity contribution < 1.29 is 13.2 Å². The second kappa shape index (κ2) is 10.5. The molecule has 3 heterocycles. The average molecular weight is 561 g/mol. The van der Waals surface area contributed by atoms with Crippen LogP contribution in [0.1, 0.15) is 56.6 Å². The van der Waals surface area contributed by atoms with E-state index < -0.39 is 15.3 Å². The Kier molecular flexibility index (Phi) is 7.02. The number of anilines is 1. The van der Waals surface area contributed by atoms with E-state index in [1.807, 2.05) is 18.3 Å². The van der Waals surface area contributed by atoms with Gasteiger partial charge in [0.05, 0.1) is 33.6 Å². The van der Waals surface area contributed by atoms with Gasteiger partial charge in [0.1, 0.15) is 10.8 Å². The van der Waals surface area contributed by atoms with Crippen LogP contribution < -0.4 is 4.90 Å². The molecule has 3 fully saturated rings. The van der Waals surface area contributed by atoms with Crippen LogP contribution in [0, 0.1) is 22.7 Å². The molecular weight excluding hydrogens is 528 g/mol. The van der Waals surface area contributed by atoms with Crippen LogP contribution in [0.15, 0.2) is 48.8 Å². The lowest BCUT2D eigenvalue weighted by Crippen LogP contribution is -2.40. The normalized spacial score (nSPS) is 23.6. The molecule has 0 radical (unpaired) electrons. The molecule has 3 aliphatic rings. The molecule has 0 spiro atoms. The lowest BCUT2D eigenvalue weighted by Gasteiger charge is -2.31. The lowest BCUT2D eigenvalue weighted by molar-refractivity contribution is -0.125. The van der Waals surface area contributed by atoms with Crippen LogP contribution in [0.25, 0.3) is 21.0 Å². The van der Waals surface area contributed by atoms with Gasteiger partial charge in [0.25, 0.3) is 0 Å². The molecule has 39 heavy (non-hydrogen) atoms. The maximum atomic E-state index is 13.6. The third-order valence-electron chi connectivity index (χ3n) is 8.54. The van der Waals surface area contributed by atoms with Crippen molar-refractivity contribution in [1.82, 2.24) is 9.97 Å². The highest BCUT2D eigenvalue weighted by molar-refractivity contribution is 7.91. The number of benzene rings is 1. The van der Waals surface area contributed by atoms with E-state index in [0.717, 1.165) is 70.9 Å². The third-order valence-corrected chi connectivity index (χ3v) is 11.3. The van der Waals surface area contributed by atoms with Crippen LogP contribution in [0.3, 0.4) is 0 Å². The molecule has 0 bridgehead atoms. The Hall–Kier alpha value is -3.09. The van der Waals surface area contributed by atoms with Crippen molar-refractivity contribution in [3.63, 3.8) is 0 Å². The Bertz CT molecular complexity index is 1490. The first kappa shape index (κ1) is 26.1. The summed E-state index contributed by atoms with van der Waals surface area (Å²) in [6.45, 7) is 1.02. The molecule has 2 aromatic heterocycles. The number of pyridine rings is 1. The topological polar surface area (TPSA) is 104 Å². The number of sulfone groups is 1. The Morgan fingerprint density at radius 2 is 1.82 bits per heavy atom. The minimum atomic E-state index is -2.94. The molecule has 1 saturated heterocycles. The number of thiazole rings is 1. The van der Waals surface area contributed by atoms with Crippen molar-refractivity contribution in [3.8, 4) is 27.1 Å². The number of nitrogens with zero attached hydrogens (tertiary/aromatic N) is 4. The van der Waals surface area contributed by atoms with Crippen LogP contribution in [-0.4, -0.2) is 48.8 Å². The molecule has 3 aromatic rings. The van der Waals surface area contributed by atoms with E-state index in [1.165, 1.54) is 0 Å². The molecule has 6 rings (SSSR count). The van der Waals surface area contributed by atoms with Crippen LogP contribution >= 0.6 is 11.3 Å². The van der Waals surface area contributed by atoms with E-state index in [1.54, 1.807) is 17.5 Å². The summed E-state index contributed by atoms with van der Waals surface area (Å²) in [5.74, 6) is 0.515. The van der Waals surface area contributed by atoms with Gasteiger partial charge >= 0.3 is 0 Å². The molecule has 202 valence electrons. The highest BCUT2D eigenvalue weighted by Gasteiger charge is 2.47. The Morgan fingerprint density at radius 3 is 2.49 bits per heavy atom. The van der Waals surface area contributed by atoms with Crippen molar-refractivity contribution in [2.24, 2.45) is 11.3 Å². The minimum absolute atomic E-state index is 0.0318. The highest BCUT2D eigenvalue weighted by Crippen LogP contribution is 2.51. The van der Waals surface area contributed by atoms with E-state index >= 15 is 0 Å². The van der Waals surface area contributed by atoms with Crippen molar-refractivity contribution in [2.45, 2.75) is 50.9 Å². The number of nitriles is 1. The second-order valence-electron chi connectivity index (χ2n) is 11.2. The molecular formula is C30H32N4O3S2. The fourth-order valence-corrected chi connectivity index (χ4v) is 8.32. The van der Waals surface area contributed by atoms with Crippen molar-refractivity contribution in [1.29, 1.82) is 5.26 Å². The highest BCUT2D eigenvalue weighted by atomic mass is 32.2. The number of carbonyl (C=O) groups excluding carboxylic acids is 1. The molecule has 1 aliphatic heterocycles. The molecule has 0 N–H and O–H groups in total. The number of aromatic nitrogens is 2. The first-order chi connectivity index (χ1) is 18.9. The zero-order valence-electron chi connectivity index (χ0n) is 21.9. The molecule has 7 nitrogen and oxygen atoms in total. The largest absolute Gasteiger partial charge is 0.369 e. The zero-order chi connectivity index (χ0) is 27.0. The van der Waals surface area contributed by atoms with Gasteiger partial charge in [-0.15, -0.1) is 11.3 Å². The fourth-order valence-electron chi connectivity index (χ4n) is 5.98. The molecule has 9 heteroatoms. The Balaban J connectivity index is 1.34. The number of hydrogen-bond donors (Lipinski definition) is 0. The predicted octanol–water partition coefficient (Wildman–Crippen LogP) is 5.64. The van der Waals surface area contributed by atoms with Crippen molar-refractivity contribution in [2.75, 3.05) is 29.5 Å². The van der Waals surface area contributed by atoms with Crippen LogP contribution in [0.4, 0.5) is 5.69 Å². The molecule has 2 aliphatic carbocycles. The van der Waals surface area contributed by atoms with Crippen molar-refractivity contribution in [3.05, 3.63) is 54.5 Å². The summed E-state index contributed by atoms with van der Waals surface area (Å²) < 4.78 is 23.7. The summed E-state index contributed by atoms with van der Waals surface area (Å²) in [6, 6.07) is 14.6. The SMILES string of the molecule is N#CC1(CC(=O)[C@@H]2CCCC[C@H]2c2nc(-c3cccnc3)sc2-c2ccc(N3CCS(=O)(=O)CC3)cc2)CC1. The van der Waals surface area contributed by atoms with Crippen molar-refractivity contribution >= 4 is 32.6 Å². The first-order valence-electron chi connectivity index (χ1n) is 13.8. The molecule has 0 unspecified atom stereocenters. The number of Topliss-reactive ketones (excluding diaryl/α,β-unsaturated/α-hetero) is 1. The van der Waals surface area contributed by atoms with E-state index in [9.17, 15) is 18.5 Å². The van der Waals surface area contributed by atoms with Gasteiger partial charge < -0.3 is 4.90 Å². The predicted molar refractivity (Wildman–Crippen MR) is 153 cm³/mol. The number of carbonyl (C=O) groups is 1.